The van der Waals surface area contributed by atoms with E-state index in [2.05, 4.69) is 141 Å². The molecule has 0 aliphatic rings. The summed E-state index contributed by atoms with van der Waals surface area (Å²) in [7, 11) is 0. The van der Waals surface area contributed by atoms with E-state index < -0.39 is 0 Å². The van der Waals surface area contributed by atoms with Crippen LogP contribution in [0, 0.1) is 0 Å². The summed E-state index contributed by atoms with van der Waals surface area (Å²) in [5.41, 5.74) is 10.1. The molecule has 0 aliphatic heterocycles. The molecular weight excluding hydrogens is 639 g/mol. The van der Waals surface area contributed by atoms with Crippen molar-refractivity contribution < 1.29 is 0 Å². The number of pyridine rings is 2. The highest BCUT2D eigenvalue weighted by Crippen LogP contribution is 2.36. The molecule has 0 aliphatic carbocycles. The van der Waals surface area contributed by atoms with Crippen LogP contribution in [-0.2, 0) is 0 Å². The van der Waals surface area contributed by atoms with Crippen molar-refractivity contribution in [2.45, 2.75) is 0 Å². The monoisotopic (exact) mass is 667 g/mol. The lowest BCUT2D eigenvalue weighted by Gasteiger charge is -2.12. The molecule has 10 rings (SSSR count). The van der Waals surface area contributed by atoms with E-state index in [0.717, 1.165) is 33.5 Å². The minimum absolute atomic E-state index is 0.495. The Bertz CT molecular complexity index is 2850. The maximum absolute atomic E-state index is 4.91. The minimum Gasteiger partial charge on any atom is -0.317 e. The van der Waals surface area contributed by atoms with Crippen molar-refractivity contribution in [1.82, 2.24) is 34.1 Å². The number of fused-ring (bicyclic) bond motifs is 4. The molecule has 52 heavy (non-hydrogen) atoms. The van der Waals surface area contributed by atoms with Gasteiger partial charge in [0.25, 0.3) is 0 Å². The summed E-state index contributed by atoms with van der Waals surface area (Å²) >= 11 is 0. The molecule has 0 bridgehead atoms. The zero-order valence-corrected chi connectivity index (χ0v) is 27.9. The van der Waals surface area contributed by atoms with Crippen LogP contribution in [0.3, 0.4) is 0 Å². The van der Waals surface area contributed by atoms with E-state index in [9.17, 15) is 0 Å². The van der Waals surface area contributed by atoms with Crippen LogP contribution in [-0.4, -0.2) is 34.1 Å². The number of hydrogen-bond acceptors (Lipinski definition) is 5. The molecule has 0 saturated carbocycles. The van der Waals surface area contributed by atoms with Crippen LogP contribution in [0.25, 0.3) is 89.6 Å². The standard InChI is InChI=1S/C45H29N7/c1-3-19-40-30(11-1)23-26-51(40)34-14-9-12-31(27-34)32-21-22-42-37(29-32)36-16-2-4-20-41(36)52(42)35-15-10-13-33(28-35)43-48-44(38-17-5-7-24-46-38)50-45(49-43)39-18-6-8-25-47-39/h1-29H. The minimum atomic E-state index is 0.495. The fraction of sp³-hybridized carbons (Fsp3) is 0. The lowest BCUT2D eigenvalue weighted by atomic mass is 10.0. The maximum atomic E-state index is 4.91. The van der Waals surface area contributed by atoms with E-state index in [1.54, 1.807) is 12.4 Å². The van der Waals surface area contributed by atoms with E-state index in [-0.39, 0.29) is 0 Å². The predicted molar refractivity (Wildman–Crippen MR) is 208 cm³/mol. The van der Waals surface area contributed by atoms with E-state index in [0.29, 0.717) is 28.9 Å². The zero-order chi connectivity index (χ0) is 34.4. The molecule has 0 N–H and O–H groups in total. The highest BCUT2D eigenvalue weighted by molar-refractivity contribution is 6.10. The fourth-order valence-corrected chi connectivity index (χ4v) is 7.08. The first kappa shape index (κ1) is 29.6. The summed E-state index contributed by atoms with van der Waals surface area (Å²) in [5, 5.41) is 3.60. The van der Waals surface area contributed by atoms with Crippen molar-refractivity contribution in [3.8, 4) is 56.9 Å². The normalized spacial score (nSPS) is 11.5. The van der Waals surface area contributed by atoms with Gasteiger partial charge in [-0.1, -0.05) is 78.9 Å². The van der Waals surface area contributed by atoms with Crippen molar-refractivity contribution in [3.05, 3.63) is 176 Å². The maximum Gasteiger partial charge on any atom is 0.182 e. The van der Waals surface area contributed by atoms with Gasteiger partial charge in [0.05, 0.1) is 16.6 Å². The van der Waals surface area contributed by atoms with Gasteiger partial charge in [0.2, 0.25) is 0 Å². The SMILES string of the molecule is c1ccc(-c2nc(-c3cccc(-n4c5ccccc5c5cc(-c6cccc(-n7ccc8ccccc87)c6)ccc54)c3)nc(-c3ccccn3)n2)nc1. The number of hydrogen-bond donors (Lipinski definition) is 0. The van der Waals surface area contributed by atoms with Crippen LogP contribution in [0.2, 0.25) is 0 Å². The second kappa shape index (κ2) is 12.3. The Morgan fingerprint density at radius 2 is 1.00 bits per heavy atom. The van der Waals surface area contributed by atoms with E-state index >= 15 is 0 Å². The Morgan fingerprint density at radius 3 is 1.77 bits per heavy atom. The summed E-state index contributed by atoms with van der Waals surface area (Å²) in [5.74, 6) is 1.54. The number of aromatic nitrogens is 7. The van der Waals surface area contributed by atoms with Gasteiger partial charge in [0.1, 0.15) is 11.4 Å². The van der Waals surface area contributed by atoms with Gasteiger partial charge in [0, 0.05) is 46.3 Å². The van der Waals surface area contributed by atoms with Crippen molar-refractivity contribution >= 4 is 32.7 Å². The molecular formula is C45H29N7. The van der Waals surface area contributed by atoms with E-state index in [1.165, 1.54) is 27.2 Å². The third-order valence-electron chi connectivity index (χ3n) is 9.52. The molecule has 0 fully saturated rings. The van der Waals surface area contributed by atoms with Gasteiger partial charge >= 0.3 is 0 Å². The van der Waals surface area contributed by atoms with Crippen LogP contribution < -0.4 is 0 Å². The second-order valence-corrected chi connectivity index (χ2v) is 12.7. The van der Waals surface area contributed by atoms with Crippen LogP contribution >= 0.6 is 0 Å². The molecule has 0 atom stereocenters. The van der Waals surface area contributed by atoms with Crippen LogP contribution in [0.4, 0.5) is 0 Å². The Labute approximate surface area is 299 Å². The highest BCUT2D eigenvalue weighted by Gasteiger charge is 2.17. The number of para-hydroxylation sites is 2. The third-order valence-corrected chi connectivity index (χ3v) is 9.52. The van der Waals surface area contributed by atoms with E-state index in [4.69, 9.17) is 15.0 Å². The summed E-state index contributed by atoms with van der Waals surface area (Å²) in [6, 6.07) is 54.6. The van der Waals surface area contributed by atoms with Crippen LogP contribution in [0.15, 0.2) is 176 Å². The van der Waals surface area contributed by atoms with Crippen molar-refractivity contribution in [2.75, 3.05) is 0 Å². The molecule has 0 amide bonds. The Kier molecular flexibility index (Phi) is 6.99. The van der Waals surface area contributed by atoms with Gasteiger partial charge in [-0.05, 0) is 95.4 Å². The molecule has 244 valence electrons. The second-order valence-electron chi connectivity index (χ2n) is 12.7. The first-order valence-electron chi connectivity index (χ1n) is 17.2. The number of nitrogens with zero attached hydrogens (tertiary/aromatic N) is 7. The molecule has 5 aromatic carbocycles. The number of benzene rings is 5. The molecule has 0 unspecified atom stereocenters. The average Bonchev–Trinajstić information content (AvgIpc) is 3.81. The molecule has 7 nitrogen and oxygen atoms in total. The van der Waals surface area contributed by atoms with Gasteiger partial charge in [0.15, 0.2) is 17.5 Å². The quantitative estimate of drug-likeness (QED) is 0.176. The smallest absolute Gasteiger partial charge is 0.182 e. The Morgan fingerprint density at radius 1 is 0.385 bits per heavy atom. The molecule has 0 saturated heterocycles. The molecule has 5 heterocycles. The van der Waals surface area contributed by atoms with Gasteiger partial charge in [-0.3, -0.25) is 9.97 Å². The lowest BCUT2D eigenvalue weighted by Crippen LogP contribution is -2.02. The van der Waals surface area contributed by atoms with Gasteiger partial charge in [-0.2, -0.15) is 0 Å². The van der Waals surface area contributed by atoms with Crippen molar-refractivity contribution in [3.63, 3.8) is 0 Å². The predicted octanol–water partition coefficient (Wildman–Crippen LogP) is 10.4. The number of rotatable bonds is 6. The Hall–Kier alpha value is -7.25. The molecule has 10 aromatic rings. The van der Waals surface area contributed by atoms with Gasteiger partial charge in [-0.15, -0.1) is 0 Å². The average molecular weight is 668 g/mol. The van der Waals surface area contributed by atoms with Crippen molar-refractivity contribution in [2.24, 2.45) is 0 Å². The lowest BCUT2D eigenvalue weighted by molar-refractivity contribution is 1.04. The third kappa shape index (κ3) is 5.11. The van der Waals surface area contributed by atoms with Gasteiger partial charge < -0.3 is 9.13 Å². The molecule has 5 aromatic heterocycles. The summed E-state index contributed by atoms with van der Waals surface area (Å²) < 4.78 is 4.57. The van der Waals surface area contributed by atoms with Crippen molar-refractivity contribution in [1.29, 1.82) is 0 Å². The van der Waals surface area contributed by atoms with E-state index in [1.807, 2.05) is 42.5 Å². The Balaban J connectivity index is 1.09. The highest BCUT2D eigenvalue weighted by atomic mass is 15.1. The first-order chi connectivity index (χ1) is 25.8. The van der Waals surface area contributed by atoms with Gasteiger partial charge in [-0.25, -0.2) is 15.0 Å². The largest absolute Gasteiger partial charge is 0.317 e. The molecule has 7 heteroatoms. The summed E-state index contributed by atoms with van der Waals surface area (Å²) in [4.78, 5) is 23.6. The molecule has 0 spiro atoms. The fourth-order valence-electron chi connectivity index (χ4n) is 7.08. The topological polar surface area (TPSA) is 74.3 Å². The summed E-state index contributed by atoms with van der Waals surface area (Å²) in [6.45, 7) is 0. The first-order valence-corrected chi connectivity index (χ1v) is 17.2. The zero-order valence-electron chi connectivity index (χ0n) is 27.9. The van der Waals surface area contributed by atoms with Crippen LogP contribution in [0.5, 0.6) is 0 Å². The van der Waals surface area contributed by atoms with Crippen LogP contribution in [0.1, 0.15) is 0 Å². The molecule has 0 radical (unpaired) electrons. The summed E-state index contributed by atoms with van der Waals surface area (Å²) in [6.07, 6.45) is 5.63.